The quantitative estimate of drug-likeness (QED) is 0.895. The largest absolute Gasteiger partial charge is 0.481 e. The smallest absolute Gasteiger partial charge is 0.261 e. The fourth-order valence-electron chi connectivity index (χ4n) is 2.79. The van der Waals surface area contributed by atoms with Gasteiger partial charge in [-0.05, 0) is 68.2 Å². The summed E-state index contributed by atoms with van der Waals surface area (Å²) in [6.07, 6.45) is 7.42. The molecule has 20 heavy (non-hydrogen) atoms. The van der Waals surface area contributed by atoms with Gasteiger partial charge in [-0.25, -0.2) is 0 Å². The minimum atomic E-state index is -0.364. The molecular weight excluding hydrogens is 250 g/mol. The van der Waals surface area contributed by atoms with Gasteiger partial charge in [-0.1, -0.05) is 13.0 Å². The Bertz CT molecular complexity index is 494. The molecule has 0 spiro atoms. The van der Waals surface area contributed by atoms with Gasteiger partial charge in [0.1, 0.15) is 5.75 Å². The van der Waals surface area contributed by atoms with Gasteiger partial charge in [-0.15, -0.1) is 0 Å². The van der Waals surface area contributed by atoms with Gasteiger partial charge in [-0.2, -0.15) is 0 Å². The molecule has 3 nitrogen and oxygen atoms in total. The van der Waals surface area contributed by atoms with E-state index in [2.05, 4.69) is 17.4 Å². The van der Waals surface area contributed by atoms with Crippen molar-refractivity contribution < 1.29 is 9.53 Å². The van der Waals surface area contributed by atoms with Crippen molar-refractivity contribution in [3.63, 3.8) is 0 Å². The first-order chi connectivity index (χ1) is 9.76. The van der Waals surface area contributed by atoms with Crippen molar-refractivity contribution in [2.24, 2.45) is 0 Å². The summed E-state index contributed by atoms with van der Waals surface area (Å²) in [4.78, 5) is 12.1. The van der Waals surface area contributed by atoms with E-state index in [1.54, 1.807) is 0 Å². The lowest BCUT2D eigenvalue weighted by molar-refractivity contribution is -0.128. The van der Waals surface area contributed by atoms with Crippen LogP contribution in [-0.4, -0.2) is 18.1 Å². The van der Waals surface area contributed by atoms with E-state index in [9.17, 15) is 4.79 Å². The fraction of sp³-hybridized carbons (Fsp3) is 0.588. The van der Waals surface area contributed by atoms with Crippen molar-refractivity contribution in [1.29, 1.82) is 0 Å². The van der Waals surface area contributed by atoms with Crippen molar-refractivity contribution in [3.05, 3.63) is 29.3 Å². The highest BCUT2D eigenvalue weighted by molar-refractivity contribution is 5.81. The van der Waals surface area contributed by atoms with Crippen LogP contribution in [0.2, 0.25) is 0 Å². The molecular formula is C17H23NO2. The first-order valence-corrected chi connectivity index (χ1v) is 7.85. The van der Waals surface area contributed by atoms with Crippen molar-refractivity contribution in [3.8, 4) is 5.75 Å². The maximum absolute atomic E-state index is 12.1. The normalized spacial score (nSPS) is 19.1. The second-order valence-corrected chi connectivity index (χ2v) is 5.94. The molecule has 0 bridgehead atoms. The van der Waals surface area contributed by atoms with Crippen LogP contribution in [0, 0.1) is 0 Å². The Kier molecular flexibility index (Phi) is 3.95. The Morgan fingerprint density at radius 3 is 2.75 bits per heavy atom. The fourth-order valence-corrected chi connectivity index (χ4v) is 2.79. The summed E-state index contributed by atoms with van der Waals surface area (Å²) < 4.78 is 5.91. The Hall–Kier alpha value is -1.51. The second-order valence-electron chi connectivity index (χ2n) is 5.94. The number of carbonyl (C=O) groups is 1. The molecule has 3 heteroatoms. The van der Waals surface area contributed by atoms with Gasteiger partial charge in [0.15, 0.2) is 6.10 Å². The number of rotatable bonds is 5. The third kappa shape index (κ3) is 3.14. The number of hydrogen-bond donors (Lipinski definition) is 1. The van der Waals surface area contributed by atoms with Crippen LogP contribution in [0.15, 0.2) is 18.2 Å². The molecule has 0 aromatic heterocycles. The molecule has 1 saturated carbocycles. The first-order valence-electron chi connectivity index (χ1n) is 7.85. The Morgan fingerprint density at radius 1 is 1.30 bits per heavy atom. The highest BCUT2D eigenvalue weighted by Crippen LogP contribution is 2.26. The molecule has 108 valence electrons. The second kappa shape index (κ2) is 5.86. The van der Waals surface area contributed by atoms with Crippen LogP contribution < -0.4 is 10.1 Å². The summed E-state index contributed by atoms with van der Waals surface area (Å²) in [7, 11) is 0. The van der Waals surface area contributed by atoms with Crippen LogP contribution in [0.5, 0.6) is 5.75 Å². The van der Waals surface area contributed by atoms with Gasteiger partial charge in [0, 0.05) is 6.04 Å². The molecule has 1 N–H and O–H groups in total. The lowest BCUT2D eigenvalue weighted by Crippen LogP contribution is -2.39. The molecule has 0 aliphatic heterocycles. The molecule has 1 amide bonds. The van der Waals surface area contributed by atoms with E-state index < -0.39 is 0 Å². The summed E-state index contributed by atoms with van der Waals surface area (Å²) in [5.74, 6) is 0.871. The minimum Gasteiger partial charge on any atom is -0.481 e. The van der Waals surface area contributed by atoms with Gasteiger partial charge in [0.25, 0.3) is 5.91 Å². The molecule has 0 unspecified atom stereocenters. The number of amides is 1. The molecule has 1 atom stereocenters. The third-order valence-corrected chi connectivity index (χ3v) is 4.19. The van der Waals surface area contributed by atoms with Crippen molar-refractivity contribution in [1.82, 2.24) is 5.32 Å². The Morgan fingerprint density at radius 2 is 2.05 bits per heavy atom. The van der Waals surface area contributed by atoms with Gasteiger partial charge >= 0.3 is 0 Å². The summed E-state index contributed by atoms with van der Waals surface area (Å²) >= 11 is 0. The zero-order valence-corrected chi connectivity index (χ0v) is 12.2. The lowest BCUT2D eigenvalue weighted by Gasteiger charge is -2.20. The number of aryl methyl sites for hydroxylation is 2. The summed E-state index contributed by atoms with van der Waals surface area (Å²) in [6.45, 7) is 2.00. The van der Waals surface area contributed by atoms with Crippen LogP contribution >= 0.6 is 0 Å². The topological polar surface area (TPSA) is 38.3 Å². The van der Waals surface area contributed by atoms with E-state index in [1.165, 1.54) is 30.4 Å². The van der Waals surface area contributed by atoms with Crippen LogP contribution in [-0.2, 0) is 17.6 Å². The predicted molar refractivity (Wildman–Crippen MR) is 79.0 cm³/mol. The van der Waals surface area contributed by atoms with Crippen molar-refractivity contribution >= 4 is 5.91 Å². The number of hydrogen-bond acceptors (Lipinski definition) is 2. The van der Waals surface area contributed by atoms with E-state index in [1.807, 2.05) is 13.0 Å². The Labute approximate surface area is 120 Å². The van der Waals surface area contributed by atoms with E-state index in [-0.39, 0.29) is 12.0 Å². The summed E-state index contributed by atoms with van der Waals surface area (Å²) in [5.41, 5.74) is 2.84. The molecule has 1 fully saturated rings. The number of ether oxygens (including phenoxy) is 1. The molecule has 2 aliphatic rings. The Balaban J connectivity index is 1.66. The van der Waals surface area contributed by atoms with Crippen LogP contribution in [0.1, 0.15) is 50.2 Å². The number of carbonyl (C=O) groups excluding carboxylic acids is 1. The zero-order chi connectivity index (χ0) is 13.9. The highest BCUT2D eigenvalue weighted by Gasteiger charge is 2.27. The molecule has 3 rings (SSSR count). The van der Waals surface area contributed by atoms with E-state index >= 15 is 0 Å². The van der Waals surface area contributed by atoms with Crippen LogP contribution in [0.25, 0.3) is 0 Å². The molecule has 0 radical (unpaired) electrons. The maximum Gasteiger partial charge on any atom is 0.261 e. The molecule has 0 heterocycles. The third-order valence-electron chi connectivity index (χ3n) is 4.19. The van der Waals surface area contributed by atoms with Gasteiger partial charge in [0.2, 0.25) is 0 Å². The van der Waals surface area contributed by atoms with Gasteiger partial charge < -0.3 is 10.1 Å². The van der Waals surface area contributed by atoms with E-state index in [0.717, 1.165) is 25.0 Å². The van der Waals surface area contributed by atoms with Crippen molar-refractivity contribution in [2.75, 3.05) is 0 Å². The van der Waals surface area contributed by atoms with Crippen molar-refractivity contribution in [2.45, 2.75) is 64.0 Å². The summed E-state index contributed by atoms with van der Waals surface area (Å²) in [6, 6.07) is 6.69. The lowest BCUT2D eigenvalue weighted by atomic mass is 9.92. The van der Waals surface area contributed by atoms with Gasteiger partial charge in [0.05, 0.1) is 0 Å². The van der Waals surface area contributed by atoms with E-state index in [4.69, 9.17) is 4.74 Å². The maximum atomic E-state index is 12.1. The SMILES string of the molecule is CC[C@@H](Oc1ccc2c(c1)CCCC2)C(=O)NC1CC1. The zero-order valence-electron chi connectivity index (χ0n) is 12.2. The highest BCUT2D eigenvalue weighted by atomic mass is 16.5. The number of fused-ring (bicyclic) bond motifs is 1. The molecule has 0 saturated heterocycles. The molecule has 1 aromatic carbocycles. The average molecular weight is 273 g/mol. The van der Waals surface area contributed by atoms with E-state index in [0.29, 0.717) is 12.5 Å². The molecule has 2 aliphatic carbocycles. The first kappa shape index (κ1) is 13.5. The number of benzene rings is 1. The minimum absolute atomic E-state index is 0.0349. The monoisotopic (exact) mass is 273 g/mol. The average Bonchev–Trinajstić information content (AvgIpc) is 3.28. The standard InChI is InChI=1S/C17H23NO2/c1-2-16(17(19)18-14-8-9-14)20-15-10-7-12-5-3-4-6-13(12)11-15/h7,10-11,14,16H,2-6,8-9H2,1H3,(H,18,19)/t16-/m1/s1. The number of nitrogens with one attached hydrogen (secondary N) is 1. The van der Waals surface area contributed by atoms with Crippen LogP contribution in [0.4, 0.5) is 0 Å². The van der Waals surface area contributed by atoms with Crippen LogP contribution in [0.3, 0.4) is 0 Å². The predicted octanol–water partition coefficient (Wildman–Crippen LogP) is 3.00. The van der Waals surface area contributed by atoms with Gasteiger partial charge in [-0.3, -0.25) is 4.79 Å². The summed E-state index contributed by atoms with van der Waals surface area (Å²) in [5, 5.41) is 3.02. The molecule has 1 aromatic rings.